The monoisotopic (exact) mass is 210 g/mol. The van der Waals surface area contributed by atoms with Crippen LogP contribution >= 0.6 is 22.9 Å². The molecule has 0 saturated heterocycles. The van der Waals surface area contributed by atoms with Gasteiger partial charge in [0.2, 0.25) is 0 Å². The fourth-order valence-electron chi connectivity index (χ4n) is 1.10. The fraction of sp³-hybridized carbons (Fsp3) is 0. The molecular formula is C9H7ClN2S. The molecule has 0 aliphatic carbocycles. The number of benzene rings is 1. The van der Waals surface area contributed by atoms with Gasteiger partial charge in [-0.05, 0) is 5.56 Å². The summed E-state index contributed by atoms with van der Waals surface area (Å²) in [6.45, 7) is 0. The highest BCUT2D eigenvalue weighted by Crippen LogP contribution is 2.33. The number of anilines is 1. The van der Waals surface area contributed by atoms with Crippen molar-refractivity contribution in [1.29, 1.82) is 0 Å². The molecule has 0 atom stereocenters. The van der Waals surface area contributed by atoms with Crippen LogP contribution in [0.4, 0.5) is 5.82 Å². The van der Waals surface area contributed by atoms with Crippen LogP contribution in [0.3, 0.4) is 0 Å². The molecule has 0 fully saturated rings. The lowest BCUT2D eigenvalue weighted by Gasteiger charge is -1.95. The summed E-state index contributed by atoms with van der Waals surface area (Å²) in [7, 11) is 0. The quantitative estimate of drug-likeness (QED) is 0.786. The highest BCUT2D eigenvalue weighted by molar-refractivity contribution is 7.19. The van der Waals surface area contributed by atoms with Crippen molar-refractivity contribution < 1.29 is 0 Å². The van der Waals surface area contributed by atoms with Gasteiger partial charge in [-0.1, -0.05) is 41.9 Å². The van der Waals surface area contributed by atoms with Crippen LogP contribution < -0.4 is 5.73 Å². The summed E-state index contributed by atoms with van der Waals surface area (Å²) in [5.41, 5.74) is 6.75. The number of nitrogens with zero attached hydrogens (tertiary/aromatic N) is 1. The normalized spacial score (nSPS) is 10.2. The Labute approximate surface area is 85.0 Å². The van der Waals surface area contributed by atoms with Gasteiger partial charge in [-0.3, -0.25) is 0 Å². The van der Waals surface area contributed by atoms with E-state index in [-0.39, 0.29) is 0 Å². The molecule has 0 aliphatic heterocycles. The minimum absolute atomic E-state index is 0.483. The molecule has 0 aliphatic rings. The lowest BCUT2D eigenvalue weighted by atomic mass is 10.2. The maximum atomic E-state index is 5.74. The van der Waals surface area contributed by atoms with Gasteiger partial charge in [0.25, 0.3) is 0 Å². The van der Waals surface area contributed by atoms with E-state index in [1.54, 1.807) is 0 Å². The van der Waals surface area contributed by atoms with Gasteiger partial charge >= 0.3 is 0 Å². The molecular weight excluding hydrogens is 204 g/mol. The lowest BCUT2D eigenvalue weighted by Crippen LogP contribution is -1.86. The zero-order valence-electron chi connectivity index (χ0n) is 6.70. The smallest absolute Gasteiger partial charge is 0.186 e. The predicted octanol–water partition coefficient (Wildman–Crippen LogP) is 3.05. The number of nitrogens with two attached hydrogens (primary N) is 1. The second-order valence-electron chi connectivity index (χ2n) is 2.55. The van der Waals surface area contributed by atoms with Crippen LogP contribution in [-0.4, -0.2) is 4.98 Å². The average Bonchev–Trinajstić information content (AvgIpc) is 2.47. The second kappa shape index (κ2) is 3.36. The number of hydrogen-bond donors (Lipinski definition) is 1. The van der Waals surface area contributed by atoms with Crippen molar-refractivity contribution in [2.75, 3.05) is 5.73 Å². The van der Waals surface area contributed by atoms with Crippen LogP contribution in [0.25, 0.3) is 10.4 Å². The molecule has 13 heavy (non-hydrogen) atoms. The summed E-state index contributed by atoms with van der Waals surface area (Å²) < 4.78 is 0.483. The molecule has 66 valence electrons. The van der Waals surface area contributed by atoms with E-state index >= 15 is 0 Å². The van der Waals surface area contributed by atoms with Crippen molar-refractivity contribution in [2.45, 2.75) is 0 Å². The Hall–Kier alpha value is -1.06. The van der Waals surface area contributed by atoms with Gasteiger partial charge < -0.3 is 5.73 Å². The van der Waals surface area contributed by atoms with Crippen LogP contribution in [0.5, 0.6) is 0 Å². The molecule has 2 rings (SSSR count). The standard InChI is InChI=1S/C9H7ClN2S/c10-9-12-8(11)7(13-9)6-4-2-1-3-5-6/h1-5H,11H2. The van der Waals surface area contributed by atoms with Gasteiger partial charge in [-0.25, -0.2) is 4.98 Å². The molecule has 2 nitrogen and oxygen atoms in total. The van der Waals surface area contributed by atoms with E-state index in [0.29, 0.717) is 10.3 Å². The van der Waals surface area contributed by atoms with Crippen molar-refractivity contribution in [3.05, 3.63) is 34.8 Å². The topological polar surface area (TPSA) is 38.9 Å². The molecule has 0 spiro atoms. The first-order valence-electron chi connectivity index (χ1n) is 3.74. The van der Waals surface area contributed by atoms with Crippen LogP contribution in [0, 0.1) is 0 Å². The van der Waals surface area contributed by atoms with Crippen molar-refractivity contribution in [3.8, 4) is 10.4 Å². The van der Waals surface area contributed by atoms with E-state index in [4.69, 9.17) is 17.3 Å². The summed E-state index contributed by atoms with van der Waals surface area (Å²) in [4.78, 5) is 4.88. The fourth-order valence-corrected chi connectivity index (χ4v) is 2.14. The molecule has 0 amide bonds. The molecule has 1 heterocycles. The Morgan fingerprint density at radius 2 is 1.92 bits per heavy atom. The number of nitrogen functional groups attached to an aromatic ring is 1. The van der Waals surface area contributed by atoms with E-state index in [1.807, 2.05) is 30.3 Å². The van der Waals surface area contributed by atoms with Crippen molar-refractivity contribution >= 4 is 28.8 Å². The third-order valence-corrected chi connectivity index (χ3v) is 2.89. The summed E-state index contributed by atoms with van der Waals surface area (Å²) in [6.07, 6.45) is 0. The largest absolute Gasteiger partial charge is 0.382 e. The van der Waals surface area contributed by atoms with E-state index in [2.05, 4.69) is 4.98 Å². The Kier molecular flexibility index (Phi) is 2.20. The maximum Gasteiger partial charge on any atom is 0.186 e. The van der Waals surface area contributed by atoms with Gasteiger partial charge in [0.1, 0.15) is 5.82 Å². The predicted molar refractivity (Wildman–Crippen MR) is 57.0 cm³/mol. The van der Waals surface area contributed by atoms with Crippen LogP contribution in [-0.2, 0) is 0 Å². The minimum atomic E-state index is 0.483. The van der Waals surface area contributed by atoms with Crippen LogP contribution in [0.2, 0.25) is 4.47 Å². The zero-order chi connectivity index (χ0) is 9.26. The third-order valence-electron chi connectivity index (χ3n) is 1.66. The molecule has 0 saturated carbocycles. The van der Waals surface area contributed by atoms with Crippen LogP contribution in [0.15, 0.2) is 30.3 Å². The van der Waals surface area contributed by atoms with Crippen molar-refractivity contribution in [1.82, 2.24) is 4.98 Å². The van der Waals surface area contributed by atoms with Gasteiger partial charge in [-0.2, -0.15) is 0 Å². The maximum absolute atomic E-state index is 5.74. The molecule has 1 aromatic carbocycles. The van der Waals surface area contributed by atoms with E-state index in [0.717, 1.165) is 10.4 Å². The Morgan fingerprint density at radius 3 is 2.46 bits per heavy atom. The van der Waals surface area contributed by atoms with E-state index < -0.39 is 0 Å². The minimum Gasteiger partial charge on any atom is -0.382 e. The molecule has 2 N–H and O–H groups in total. The first kappa shape index (κ1) is 8.53. The first-order valence-corrected chi connectivity index (χ1v) is 4.94. The molecule has 0 bridgehead atoms. The molecule has 1 aromatic heterocycles. The molecule has 2 aromatic rings. The Morgan fingerprint density at radius 1 is 1.23 bits per heavy atom. The SMILES string of the molecule is Nc1nc(Cl)sc1-c1ccccc1. The van der Waals surface area contributed by atoms with Crippen molar-refractivity contribution in [2.24, 2.45) is 0 Å². The molecule has 4 heteroatoms. The summed E-state index contributed by atoms with van der Waals surface area (Å²) in [6, 6.07) is 9.85. The van der Waals surface area contributed by atoms with Gasteiger partial charge in [-0.15, -0.1) is 11.3 Å². The van der Waals surface area contributed by atoms with Gasteiger partial charge in [0.15, 0.2) is 4.47 Å². The number of halogens is 1. The van der Waals surface area contributed by atoms with Crippen molar-refractivity contribution in [3.63, 3.8) is 0 Å². The second-order valence-corrected chi connectivity index (χ2v) is 4.13. The summed E-state index contributed by atoms with van der Waals surface area (Å²) >= 11 is 7.14. The first-order chi connectivity index (χ1) is 6.27. The zero-order valence-corrected chi connectivity index (χ0v) is 8.27. The van der Waals surface area contributed by atoms with Crippen LogP contribution in [0.1, 0.15) is 0 Å². The number of thiazole rings is 1. The average molecular weight is 211 g/mol. The van der Waals surface area contributed by atoms with Gasteiger partial charge in [0, 0.05) is 0 Å². The Bertz CT molecular complexity index is 411. The summed E-state index contributed by atoms with van der Waals surface area (Å²) in [5.74, 6) is 0.501. The van der Waals surface area contributed by atoms with E-state index in [1.165, 1.54) is 11.3 Å². The molecule has 0 radical (unpaired) electrons. The van der Waals surface area contributed by atoms with E-state index in [9.17, 15) is 0 Å². The van der Waals surface area contributed by atoms with Gasteiger partial charge in [0.05, 0.1) is 4.88 Å². The molecule has 0 unspecified atom stereocenters. The highest BCUT2D eigenvalue weighted by Gasteiger charge is 2.07. The number of hydrogen-bond acceptors (Lipinski definition) is 3. The number of rotatable bonds is 1. The number of aromatic nitrogens is 1. The highest BCUT2D eigenvalue weighted by atomic mass is 35.5. The summed E-state index contributed by atoms with van der Waals surface area (Å²) in [5, 5.41) is 0. The lowest BCUT2D eigenvalue weighted by molar-refractivity contribution is 1.42. The Balaban J connectivity index is 2.53. The third kappa shape index (κ3) is 1.66.